The van der Waals surface area contributed by atoms with Gasteiger partial charge in [-0.1, -0.05) is 23.9 Å². The van der Waals surface area contributed by atoms with Crippen LogP contribution in [0.1, 0.15) is 24.0 Å². The lowest BCUT2D eigenvalue weighted by atomic mass is 10.1. The third kappa shape index (κ3) is 4.86. The monoisotopic (exact) mass is 403 g/mol. The number of ether oxygens (including phenoxy) is 1. The Morgan fingerprint density at radius 1 is 1.33 bits per heavy atom. The molecule has 1 amide bonds. The molecule has 0 saturated heterocycles. The maximum absolute atomic E-state index is 12.4. The number of nitrogens with zero attached hydrogens (tertiary/aromatic N) is 4. The zero-order chi connectivity index (χ0) is 19.4. The van der Waals surface area contributed by atoms with E-state index < -0.39 is 0 Å². The van der Waals surface area contributed by atoms with Crippen LogP contribution in [0, 0.1) is 6.92 Å². The number of rotatable bonds is 7. The molecule has 0 fully saturated rings. The van der Waals surface area contributed by atoms with Gasteiger partial charge in [0.15, 0.2) is 10.3 Å². The molecule has 0 aliphatic carbocycles. The Kier molecular flexibility index (Phi) is 6.12. The van der Waals surface area contributed by atoms with Gasteiger partial charge in [0.2, 0.25) is 5.91 Å². The highest BCUT2D eigenvalue weighted by Crippen LogP contribution is 2.24. The molecule has 142 valence electrons. The Morgan fingerprint density at radius 3 is 2.70 bits per heavy atom. The van der Waals surface area contributed by atoms with Gasteiger partial charge < -0.3 is 14.6 Å². The van der Waals surface area contributed by atoms with Crippen molar-refractivity contribution in [2.75, 3.05) is 12.4 Å². The van der Waals surface area contributed by atoms with Gasteiger partial charge in [0.05, 0.1) is 18.1 Å². The summed E-state index contributed by atoms with van der Waals surface area (Å²) in [6.45, 7) is 3.74. The van der Waals surface area contributed by atoms with Crippen LogP contribution in [0.4, 0.5) is 5.13 Å². The number of anilines is 1. The number of thioether (sulfide) groups is 1. The third-order valence-corrected chi connectivity index (χ3v) is 5.96. The second kappa shape index (κ2) is 8.53. The quantitative estimate of drug-likeness (QED) is 0.610. The van der Waals surface area contributed by atoms with Gasteiger partial charge in [0.1, 0.15) is 11.6 Å². The number of hydrogen-bond donors (Lipinski definition) is 1. The molecule has 9 heteroatoms. The molecule has 3 aromatic rings. The molecule has 1 atom stereocenters. The number of amides is 1. The topological polar surface area (TPSA) is 81.9 Å². The molecule has 7 nitrogen and oxygen atoms in total. The van der Waals surface area contributed by atoms with Crippen molar-refractivity contribution in [2.24, 2.45) is 7.05 Å². The molecule has 0 aliphatic rings. The first kappa shape index (κ1) is 19.4. The average molecular weight is 404 g/mol. The molecule has 0 bridgehead atoms. The van der Waals surface area contributed by atoms with Crippen LogP contribution in [0.2, 0.25) is 0 Å². The van der Waals surface area contributed by atoms with Gasteiger partial charge in [-0.15, -0.1) is 21.5 Å². The highest BCUT2D eigenvalue weighted by Gasteiger charge is 2.20. The molecule has 1 unspecified atom stereocenters. The minimum Gasteiger partial charge on any atom is -0.497 e. The summed E-state index contributed by atoms with van der Waals surface area (Å²) in [5, 5.41) is 14.3. The van der Waals surface area contributed by atoms with Crippen LogP contribution >= 0.6 is 23.1 Å². The Hall–Kier alpha value is -2.39. The third-order valence-electron chi connectivity index (χ3n) is 3.95. The Morgan fingerprint density at radius 2 is 2.07 bits per heavy atom. The summed E-state index contributed by atoms with van der Waals surface area (Å²) in [5.41, 5.74) is 2.01. The molecule has 2 heterocycles. The van der Waals surface area contributed by atoms with Crippen molar-refractivity contribution in [3.63, 3.8) is 0 Å². The van der Waals surface area contributed by atoms with Crippen molar-refractivity contribution in [1.29, 1.82) is 0 Å². The number of carbonyl (C=O) groups is 1. The minimum atomic E-state index is -0.314. The van der Waals surface area contributed by atoms with E-state index in [0.29, 0.717) is 16.7 Å². The largest absolute Gasteiger partial charge is 0.497 e. The first-order valence-electron chi connectivity index (χ1n) is 8.37. The summed E-state index contributed by atoms with van der Waals surface area (Å²) < 4.78 is 7.10. The Labute approximate surface area is 166 Å². The predicted octanol–water partition coefficient (Wildman–Crippen LogP) is 3.30. The maximum atomic E-state index is 12.4. The number of nitrogens with one attached hydrogen (secondary N) is 1. The number of hydrogen-bond acceptors (Lipinski definition) is 7. The number of aromatic nitrogens is 4. The van der Waals surface area contributed by atoms with E-state index in [2.05, 4.69) is 20.5 Å². The lowest BCUT2D eigenvalue weighted by Crippen LogP contribution is -2.22. The van der Waals surface area contributed by atoms with E-state index in [1.54, 1.807) is 7.11 Å². The van der Waals surface area contributed by atoms with Gasteiger partial charge in [0.25, 0.3) is 0 Å². The lowest BCUT2D eigenvalue weighted by Gasteiger charge is -2.10. The zero-order valence-corrected chi connectivity index (χ0v) is 17.2. The molecule has 0 radical (unpaired) electrons. The fraction of sp³-hybridized carbons (Fsp3) is 0.333. The van der Waals surface area contributed by atoms with Crippen molar-refractivity contribution in [1.82, 2.24) is 19.7 Å². The van der Waals surface area contributed by atoms with Gasteiger partial charge >= 0.3 is 0 Å². The van der Waals surface area contributed by atoms with Crippen molar-refractivity contribution in [3.8, 4) is 5.75 Å². The molecule has 0 spiro atoms. The highest BCUT2D eigenvalue weighted by molar-refractivity contribution is 8.00. The van der Waals surface area contributed by atoms with E-state index >= 15 is 0 Å². The number of carbonyl (C=O) groups excluding carboxylic acids is 1. The number of aryl methyl sites for hydroxylation is 1. The summed E-state index contributed by atoms with van der Waals surface area (Å²) in [7, 11) is 3.56. The average Bonchev–Trinajstić information content (AvgIpc) is 3.22. The molecule has 3 rings (SSSR count). The molecule has 27 heavy (non-hydrogen) atoms. The van der Waals surface area contributed by atoms with Crippen LogP contribution in [0.25, 0.3) is 0 Å². The molecule has 0 aliphatic heterocycles. The number of thiazole rings is 1. The van der Waals surface area contributed by atoms with Crippen molar-refractivity contribution in [3.05, 3.63) is 46.7 Å². The summed E-state index contributed by atoms with van der Waals surface area (Å²) >= 11 is 2.79. The van der Waals surface area contributed by atoms with E-state index in [4.69, 9.17) is 4.74 Å². The van der Waals surface area contributed by atoms with Crippen LogP contribution in [0.5, 0.6) is 5.75 Å². The van der Waals surface area contributed by atoms with Crippen LogP contribution in [-0.4, -0.2) is 38.0 Å². The summed E-state index contributed by atoms with van der Waals surface area (Å²) in [5.74, 6) is 1.56. The normalized spacial score (nSPS) is 12.0. The first-order valence-corrected chi connectivity index (χ1v) is 10.1. The van der Waals surface area contributed by atoms with Crippen LogP contribution in [-0.2, 0) is 18.3 Å². The highest BCUT2D eigenvalue weighted by atomic mass is 32.2. The fourth-order valence-electron chi connectivity index (χ4n) is 2.36. The molecular formula is C18H21N5O2S2. The van der Waals surface area contributed by atoms with Gasteiger partial charge in [-0.2, -0.15) is 0 Å². The van der Waals surface area contributed by atoms with Gasteiger partial charge in [-0.05, 0) is 31.5 Å². The summed E-state index contributed by atoms with van der Waals surface area (Å²) in [6.07, 6.45) is 0.660. The Balaban J connectivity index is 1.62. The molecule has 1 N–H and O–H groups in total. The predicted molar refractivity (Wildman–Crippen MR) is 108 cm³/mol. The molecule has 1 aromatic carbocycles. The maximum Gasteiger partial charge on any atom is 0.239 e. The van der Waals surface area contributed by atoms with Gasteiger partial charge in [-0.25, -0.2) is 4.98 Å². The van der Waals surface area contributed by atoms with Crippen molar-refractivity contribution >= 4 is 34.1 Å². The van der Waals surface area contributed by atoms with Crippen LogP contribution in [0.15, 0.2) is 34.8 Å². The molecule has 2 aromatic heterocycles. The zero-order valence-electron chi connectivity index (χ0n) is 15.6. The standard InChI is InChI=1S/C18H21N5O2S2/c1-11-10-26-17(19-11)20-16(24)12(2)27-18-22-21-15(23(18)3)9-13-5-7-14(25-4)8-6-13/h5-8,10,12H,9H2,1-4H3,(H,19,20,24). The number of benzene rings is 1. The Bertz CT molecular complexity index is 920. The van der Waals surface area contributed by atoms with Gasteiger partial charge in [0, 0.05) is 18.8 Å². The van der Waals surface area contributed by atoms with Gasteiger partial charge in [-0.3, -0.25) is 4.79 Å². The smallest absolute Gasteiger partial charge is 0.239 e. The first-order chi connectivity index (χ1) is 13.0. The van der Waals surface area contributed by atoms with E-state index in [-0.39, 0.29) is 11.2 Å². The van der Waals surface area contributed by atoms with E-state index in [9.17, 15) is 4.79 Å². The van der Waals surface area contributed by atoms with Crippen LogP contribution < -0.4 is 10.1 Å². The summed E-state index contributed by atoms with van der Waals surface area (Å²) in [6, 6.07) is 7.86. The second-order valence-corrected chi connectivity index (χ2v) is 8.19. The van der Waals surface area contributed by atoms with E-state index in [1.165, 1.54) is 23.1 Å². The lowest BCUT2D eigenvalue weighted by molar-refractivity contribution is -0.115. The molecule has 0 saturated carbocycles. The van der Waals surface area contributed by atoms with E-state index in [1.807, 2.05) is 55.1 Å². The van der Waals surface area contributed by atoms with Crippen molar-refractivity contribution < 1.29 is 9.53 Å². The summed E-state index contributed by atoms with van der Waals surface area (Å²) in [4.78, 5) is 16.6. The number of methoxy groups -OCH3 is 1. The van der Waals surface area contributed by atoms with Crippen LogP contribution in [0.3, 0.4) is 0 Å². The van der Waals surface area contributed by atoms with E-state index in [0.717, 1.165) is 22.8 Å². The second-order valence-electron chi connectivity index (χ2n) is 6.03. The van der Waals surface area contributed by atoms with Crippen molar-refractivity contribution in [2.45, 2.75) is 30.7 Å². The fourth-order valence-corrected chi connectivity index (χ4v) is 3.88. The minimum absolute atomic E-state index is 0.103. The molecular weight excluding hydrogens is 382 g/mol. The SMILES string of the molecule is COc1ccc(Cc2nnc(SC(C)C(=O)Nc3nc(C)cs3)n2C)cc1.